The zero-order valence-corrected chi connectivity index (χ0v) is 19.9. The maximum Gasteiger partial charge on any atom is 0.281 e. The van der Waals surface area contributed by atoms with E-state index in [1.807, 2.05) is 23.1 Å². The van der Waals surface area contributed by atoms with Crippen LogP contribution in [-0.4, -0.2) is 87.3 Å². The van der Waals surface area contributed by atoms with E-state index in [-0.39, 0.29) is 11.8 Å². The summed E-state index contributed by atoms with van der Waals surface area (Å²) in [5.74, 6) is 0.689. The van der Waals surface area contributed by atoms with Crippen molar-refractivity contribution in [3.8, 4) is 5.75 Å². The first kappa shape index (κ1) is 23.3. The number of ether oxygens (including phenoxy) is 1. The van der Waals surface area contributed by atoms with Crippen LogP contribution in [0.5, 0.6) is 5.75 Å². The van der Waals surface area contributed by atoms with Gasteiger partial charge >= 0.3 is 0 Å². The molecule has 8 nitrogen and oxygen atoms in total. The number of hydrogen-bond donors (Lipinski definition) is 0. The highest BCUT2D eigenvalue weighted by molar-refractivity contribution is 7.86. The first-order valence-corrected chi connectivity index (χ1v) is 13.3. The summed E-state index contributed by atoms with van der Waals surface area (Å²) in [6.07, 6.45) is 5.54. The van der Waals surface area contributed by atoms with Gasteiger partial charge in [-0.1, -0.05) is 18.9 Å². The minimum Gasteiger partial charge on any atom is -0.497 e. The molecule has 0 radical (unpaired) electrons. The number of carbonyl (C=O) groups is 1. The molecule has 1 aromatic carbocycles. The highest BCUT2D eigenvalue weighted by atomic mass is 32.2. The van der Waals surface area contributed by atoms with Crippen LogP contribution in [0, 0.1) is 5.92 Å². The fraction of sp³-hybridized carbons (Fsp3) is 0.696. The Morgan fingerprint density at radius 1 is 0.906 bits per heavy atom. The summed E-state index contributed by atoms with van der Waals surface area (Å²) >= 11 is 0. The molecule has 1 aromatic rings. The van der Waals surface area contributed by atoms with Gasteiger partial charge in [-0.2, -0.15) is 17.0 Å². The maximum atomic E-state index is 13.3. The molecule has 0 bridgehead atoms. The number of rotatable bonds is 5. The molecule has 0 aromatic heterocycles. The van der Waals surface area contributed by atoms with Gasteiger partial charge in [0.05, 0.1) is 13.0 Å². The van der Waals surface area contributed by atoms with Gasteiger partial charge in [0.25, 0.3) is 10.2 Å². The second kappa shape index (κ2) is 10.4. The van der Waals surface area contributed by atoms with Crippen LogP contribution in [0.25, 0.3) is 0 Å². The Labute approximate surface area is 192 Å². The van der Waals surface area contributed by atoms with Gasteiger partial charge in [0.15, 0.2) is 0 Å². The number of nitrogens with zero attached hydrogens (tertiary/aromatic N) is 4. The summed E-state index contributed by atoms with van der Waals surface area (Å²) in [4.78, 5) is 17.4. The topological polar surface area (TPSA) is 73.4 Å². The SMILES string of the molecule is COc1cccc(N2CCN(C(=O)[C@@H]3CCCN(S(=O)(=O)N4CCCCCC4)C3)CC2)c1. The Morgan fingerprint density at radius 3 is 2.28 bits per heavy atom. The minimum atomic E-state index is -3.48. The smallest absolute Gasteiger partial charge is 0.281 e. The molecule has 1 amide bonds. The standard InChI is InChI=1S/C23H36N4O4S/c1-31-22-10-6-9-21(18-22)24-14-16-25(17-15-24)23(28)20-8-7-13-27(19-20)32(29,30)26-11-4-2-3-5-12-26/h6,9-10,18,20H,2-5,7-8,11-17,19H2,1H3/t20-/m1/s1. The van der Waals surface area contributed by atoms with Crippen LogP contribution in [-0.2, 0) is 15.0 Å². The van der Waals surface area contributed by atoms with Gasteiger partial charge in [0.1, 0.15) is 5.75 Å². The summed E-state index contributed by atoms with van der Waals surface area (Å²) in [6, 6.07) is 7.99. The van der Waals surface area contributed by atoms with Gasteiger partial charge in [-0.3, -0.25) is 4.79 Å². The molecule has 3 heterocycles. The molecule has 0 aliphatic carbocycles. The summed E-state index contributed by atoms with van der Waals surface area (Å²) in [5.41, 5.74) is 1.10. The molecule has 0 saturated carbocycles. The second-order valence-corrected chi connectivity index (χ2v) is 11.0. The van der Waals surface area contributed by atoms with Gasteiger partial charge in [0.2, 0.25) is 5.91 Å². The van der Waals surface area contributed by atoms with Crippen molar-refractivity contribution < 1.29 is 17.9 Å². The van der Waals surface area contributed by atoms with E-state index in [2.05, 4.69) is 11.0 Å². The number of carbonyl (C=O) groups excluding carboxylic acids is 1. The Morgan fingerprint density at radius 2 is 1.59 bits per heavy atom. The van der Waals surface area contributed by atoms with E-state index in [4.69, 9.17) is 4.74 Å². The quantitative estimate of drug-likeness (QED) is 0.668. The van der Waals surface area contributed by atoms with Crippen molar-refractivity contribution in [3.05, 3.63) is 24.3 Å². The van der Waals surface area contributed by atoms with Crippen LogP contribution in [0.15, 0.2) is 24.3 Å². The Balaban J connectivity index is 1.34. The molecule has 32 heavy (non-hydrogen) atoms. The summed E-state index contributed by atoms with van der Waals surface area (Å²) in [7, 11) is -1.82. The van der Waals surface area contributed by atoms with Crippen molar-refractivity contribution in [2.24, 2.45) is 5.92 Å². The third-order valence-electron chi connectivity index (χ3n) is 6.96. The number of piperazine rings is 1. The molecule has 1 atom stereocenters. The average Bonchev–Trinajstić information content (AvgIpc) is 3.14. The first-order valence-electron chi connectivity index (χ1n) is 11.9. The van der Waals surface area contributed by atoms with Gasteiger partial charge < -0.3 is 14.5 Å². The number of hydrogen-bond acceptors (Lipinski definition) is 5. The van der Waals surface area contributed by atoms with Crippen molar-refractivity contribution in [1.82, 2.24) is 13.5 Å². The molecule has 0 spiro atoms. The summed E-state index contributed by atoms with van der Waals surface area (Å²) < 4.78 is 34.9. The number of methoxy groups -OCH3 is 1. The number of anilines is 1. The highest BCUT2D eigenvalue weighted by Crippen LogP contribution is 2.26. The molecule has 3 fully saturated rings. The van der Waals surface area contributed by atoms with Gasteiger partial charge in [-0.05, 0) is 37.8 Å². The fourth-order valence-corrected chi connectivity index (χ4v) is 6.81. The molecule has 178 valence electrons. The van der Waals surface area contributed by atoms with E-state index in [1.54, 1.807) is 15.7 Å². The molecule has 3 aliphatic heterocycles. The number of benzene rings is 1. The maximum absolute atomic E-state index is 13.3. The van der Waals surface area contributed by atoms with E-state index < -0.39 is 10.2 Å². The van der Waals surface area contributed by atoms with Crippen LogP contribution in [0.4, 0.5) is 5.69 Å². The molecule has 3 saturated heterocycles. The van der Waals surface area contributed by atoms with Gasteiger partial charge in [-0.15, -0.1) is 0 Å². The van der Waals surface area contributed by atoms with Crippen LogP contribution < -0.4 is 9.64 Å². The third-order valence-corrected chi connectivity index (χ3v) is 8.96. The lowest BCUT2D eigenvalue weighted by Gasteiger charge is -2.40. The fourth-order valence-electron chi connectivity index (χ4n) is 5.04. The van der Waals surface area contributed by atoms with E-state index >= 15 is 0 Å². The monoisotopic (exact) mass is 464 g/mol. The summed E-state index contributed by atoms with van der Waals surface area (Å²) in [5, 5.41) is 0. The lowest BCUT2D eigenvalue weighted by atomic mass is 9.97. The van der Waals surface area contributed by atoms with E-state index in [1.165, 1.54) is 0 Å². The normalized spacial score (nSPS) is 24.2. The van der Waals surface area contributed by atoms with Crippen LogP contribution in [0.1, 0.15) is 38.5 Å². The Hall–Kier alpha value is -1.84. The van der Waals surface area contributed by atoms with Crippen molar-refractivity contribution in [1.29, 1.82) is 0 Å². The minimum absolute atomic E-state index is 0.103. The summed E-state index contributed by atoms with van der Waals surface area (Å²) in [6.45, 7) is 4.88. The Bertz CT molecular complexity index is 878. The number of amides is 1. The molecule has 3 aliphatic rings. The van der Waals surface area contributed by atoms with Crippen LogP contribution in [0.2, 0.25) is 0 Å². The molecule has 9 heteroatoms. The van der Waals surface area contributed by atoms with Gasteiger partial charge in [-0.25, -0.2) is 0 Å². The zero-order chi connectivity index (χ0) is 22.6. The lowest BCUT2D eigenvalue weighted by molar-refractivity contribution is -0.137. The predicted octanol–water partition coefficient (Wildman–Crippen LogP) is 2.18. The third kappa shape index (κ3) is 5.21. The first-order chi connectivity index (χ1) is 15.5. The van der Waals surface area contributed by atoms with Crippen molar-refractivity contribution >= 4 is 21.8 Å². The Kier molecular flexibility index (Phi) is 7.58. The molecule has 0 unspecified atom stereocenters. The van der Waals surface area contributed by atoms with Gasteiger partial charge in [0, 0.05) is 64.1 Å². The number of piperidine rings is 1. The molecule has 0 N–H and O–H groups in total. The molecular formula is C23H36N4O4S. The van der Waals surface area contributed by atoms with E-state index in [0.29, 0.717) is 39.3 Å². The zero-order valence-electron chi connectivity index (χ0n) is 19.1. The average molecular weight is 465 g/mol. The largest absolute Gasteiger partial charge is 0.497 e. The van der Waals surface area contributed by atoms with Crippen molar-refractivity contribution in [2.45, 2.75) is 38.5 Å². The van der Waals surface area contributed by atoms with Crippen molar-refractivity contribution in [2.75, 3.05) is 64.4 Å². The van der Waals surface area contributed by atoms with E-state index in [9.17, 15) is 13.2 Å². The predicted molar refractivity (Wildman–Crippen MR) is 125 cm³/mol. The van der Waals surface area contributed by atoms with Crippen LogP contribution in [0.3, 0.4) is 0 Å². The highest BCUT2D eigenvalue weighted by Gasteiger charge is 2.37. The molecule has 4 rings (SSSR count). The second-order valence-electron chi connectivity index (χ2n) is 9.03. The van der Waals surface area contributed by atoms with Crippen molar-refractivity contribution in [3.63, 3.8) is 0 Å². The van der Waals surface area contributed by atoms with Crippen LogP contribution >= 0.6 is 0 Å². The van der Waals surface area contributed by atoms with E-state index in [0.717, 1.165) is 63.1 Å². The molecular weight excluding hydrogens is 428 g/mol. The lowest BCUT2D eigenvalue weighted by Crippen LogP contribution is -2.54.